The van der Waals surface area contributed by atoms with E-state index in [1.54, 1.807) is 7.05 Å². The monoisotopic (exact) mass is 184 g/mol. The van der Waals surface area contributed by atoms with E-state index in [0.29, 0.717) is 12.5 Å². The van der Waals surface area contributed by atoms with E-state index in [2.05, 4.69) is 17.1 Å². The van der Waals surface area contributed by atoms with Crippen molar-refractivity contribution in [2.24, 2.45) is 0 Å². The molecule has 1 unspecified atom stereocenters. The molecule has 1 rings (SSSR count). The average molecular weight is 184 g/mol. The van der Waals surface area contributed by atoms with Gasteiger partial charge in [0.05, 0.1) is 0 Å². The molecule has 1 amide bonds. The van der Waals surface area contributed by atoms with Gasteiger partial charge in [0, 0.05) is 19.5 Å². The van der Waals surface area contributed by atoms with Gasteiger partial charge in [-0.05, 0) is 25.9 Å². The summed E-state index contributed by atoms with van der Waals surface area (Å²) in [6.45, 7) is 4.40. The van der Waals surface area contributed by atoms with Gasteiger partial charge in [-0.15, -0.1) is 0 Å². The Morgan fingerprint density at radius 1 is 1.54 bits per heavy atom. The highest BCUT2D eigenvalue weighted by Gasteiger charge is 2.22. The van der Waals surface area contributed by atoms with Crippen LogP contribution in [-0.4, -0.2) is 37.0 Å². The van der Waals surface area contributed by atoms with Gasteiger partial charge in [0.25, 0.3) is 0 Å². The second kappa shape index (κ2) is 5.22. The molecule has 76 valence electrons. The molecule has 0 aromatic heterocycles. The molecule has 3 heteroatoms. The van der Waals surface area contributed by atoms with Crippen LogP contribution in [-0.2, 0) is 4.79 Å². The maximum atomic E-state index is 11.2. The van der Waals surface area contributed by atoms with E-state index in [1.807, 2.05) is 0 Å². The quantitative estimate of drug-likeness (QED) is 0.709. The van der Waals surface area contributed by atoms with Crippen LogP contribution >= 0.6 is 0 Å². The zero-order valence-electron chi connectivity index (χ0n) is 8.68. The molecule has 1 atom stereocenters. The van der Waals surface area contributed by atoms with Crippen molar-refractivity contribution in [2.75, 3.05) is 20.1 Å². The molecule has 13 heavy (non-hydrogen) atoms. The van der Waals surface area contributed by atoms with Crippen LogP contribution < -0.4 is 5.32 Å². The van der Waals surface area contributed by atoms with E-state index in [0.717, 1.165) is 13.1 Å². The van der Waals surface area contributed by atoms with Crippen LogP contribution in [0.25, 0.3) is 0 Å². The summed E-state index contributed by atoms with van der Waals surface area (Å²) in [7, 11) is 1.71. The molecule has 1 heterocycles. The minimum absolute atomic E-state index is 0.172. The molecular formula is C10H20N2O. The minimum atomic E-state index is 0.172. The zero-order chi connectivity index (χ0) is 9.68. The number of amides is 1. The number of carbonyl (C=O) groups is 1. The molecule has 1 N–H and O–H groups in total. The number of carbonyl (C=O) groups excluding carboxylic acids is 1. The molecule has 0 aromatic rings. The maximum Gasteiger partial charge on any atom is 0.221 e. The highest BCUT2D eigenvalue weighted by Crippen LogP contribution is 2.18. The van der Waals surface area contributed by atoms with Crippen LogP contribution in [0.15, 0.2) is 0 Å². The first-order valence-electron chi connectivity index (χ1n) is 5.22. The van der Waals surface area contributed by atoms with Crippen molar-refractivity contribution >= 4 is 5.91 Å². The van der Waals surface area contributed by atoms with Gasteiger partial charge in [-0.1, -0.05) is 13.3 Å². The Morgan fingerprint density at radius 3 is 2.92 bits per heavy atom. The van der Waals surface area contributed by atoms with Crippen LogP contribution in [0.1, 0.15) is 32.6 Å². The van der Waals surface area contributed by atoms with Crippen molar-refractivity contribution < 1.29 is 4.79 Å². The van der Waals surface area contributed by atoms with Crippen LogP contribution in [0.3, 0.4) is 0 Å². The molecule has 1 aliphatic heterocycles. The second-order valence-corrected chi connectivity index (χ2v) is 3.66. The molecule has 0 bridgehead atoms. The standard InChI is InChI=1S/C10H20N2O/c1-3-12-7-5-4-6-9(12)8-10(13)11-2/h9H,3-8H2,1-2H3,(H,11,13). The number of hydrogen-bond donors (Lipinski definition) is 1. The van der Waals surface area contributed by atoms with Crippen LogP contribution in [0.5, 0.6) is 0 Å². The van der Waals surface area contributed by atoms with Crippen LogP contribution in [0, 0.1) is 0 Å². The lowest BCUT2D eigenvalue weighted by molar-refractivity contribution is -0.122. The summed E-state index contributed by atoms with van der Waals surface area (Å²) in [6.07, 6.45) is 4.42. The number of nitrogens with one attached hydrogen (secondary N) is 1. The van der Waals surface area contributed by atoms with Crippen LogP contribution in [0.4, 0.5) is 0 Å². The Labute approximate surface area is 80.5 Å². The lowest BCUT2D eigenvalue weighted by Crippen LogP contribution is -2.42. The summed E-state index contributed by atoms with van der Waals surface area (Å²) in [5, 5.41) is 2.69. The highest BCUT2D eigenvalue weighted by molar-refractivity contribution is 5.76. The third-order valence-corrected chi connectivity index (χ3v) is 2.86. The zero-order valence-corrected chi connectivity index (χ0v) is 8.68. The SMILES string of the molecule is CCN1CCCCC1CC(=O)NC. The highest BCUT2D eigenvalue weighted by atomic mass is 16.1. The van der Waals surface area contributed by atoms with Gasteiger partial charge >= 0.3 is 0 Å². The van der Waals surface area contributed by atoms with Crippen molar-refractivity contribution in [2.45, 2.75) is 38.6 Å². The fourth-order valence-corrected chi connectivity index (χ4v) is 2.02. The van der Waals surface area contributed by atoms with Gasteiger partial charge in [0.1, 0.15) is 0 Å². The predicted octanol–water partition coefficient (Wildman–Crippen LogP) is 0.997. The molecule has 0 spiro atoms. The van der Waals surface area contributed by atoms with E-state index in [-0.39, 0.29) is 5.91 Å². The molecule has 1 saturated heterocycles. The van der Waals surface area contributed by atoms with E-state index in [9.17, 15) is 4.79 Å². The third-order valence-electron chi connectivity index (χ3n) is 2.86. The fraction of sp³-hybridized carbons (Fsp3) is 0.900. The van der Waals surface area contributed by atoms with Crippen LogP contribution in [0.2, 0.25) is 0 Å². The summed E-state index contributed by atoms with van der Waals surface area (Å²) >= 11 is 0. The number of hydrogen-bond acceptors (Lipinski definition) is 2. The van der Waals surface area contributed by atoms with Gasteiger partial charge in [0.2, 0.25) is 5.91 Å². The van der Waals surface area contributed by atoms with Crippen molar-refractivity contribution in [1.29, 1.82) is 0 Å². The molecular weight excluding hydrogens is 164 g/mol. The van der Waals surface area contributed by atoms with Crippen molar-refractivity contribution in [3.05, 3.63) is 0 Å². The fourth-order valence-electron chi connectivity index (χ4n) is 2.02. The van der Waals surface area contributed by atoms with E-state index in [1.165, 1.54) is 19.3 Å². The molecule has 0 saturated carbocycles. The summed E-state index contributed by atoms with van der Waals surface area (Å²) < 4.78 is 0. The van der Waals surface area contributed by atoms with Gasteiger partial charge in [-0.25, -0.2) is 0 Å². The number of likely N-dealkylation sites (tertiary alicyclic amines) is 1. The Kier molecular flexibility index (Phi) is 4.22. The maximum absolute atomic E-state index is 11.2. The van der Waals surface area contributed by atoms with Gasteiger partial charge < -0.3 is 10.2 Å². The Hall–Kier alpha value is -0.570. The van der Waals surface area contributed by atoms with Gasteiger partial charge in [-0.2, -0.15) is 0 Å². The van der Waals surface area contributed by atoms with Crippen molar-refractivity contribution in [1.82, 2.24) is 10.2 Å². The predicted molar refractivity (Wildman–Crippen MR) is 53.6 cm³/mol. The summed E-state index contributed by atoms with van der Waals surface area (Å²) in [5.74, 6) is 0.172. The van der Waals surface area contributed by atoms with E-state index in [4.69, 9.17) is 0 Å². The van der Waals surface area contributed by atoms with E-state index < -0.39 is 0 Å². The number of rotatable bonds is 3. The second-order valence-electron chi connectivity index (χ2n) is 3.66. The van der Waals surface area contributed by atoms with E-state index >= 15 is 0 Å². The first-order valence-corrected chi connectivity index (χ1v) is 5.22. The average Bonchev–Trinajstić information content (AvgIpc) is 2.18. The first kappa shape index (κ1) is 10.5. The molecule has 0 aliphatic carbocycles. The number of nitrogens with zero attached hydrogens (tertiary/aromatic N) is 1. The first-order chi connectivity index (χ1) is 6.27. The molecule has 1 fully saturated rings. The minimum Gasteiger partial charge on any atom is -0.359 e. The van der Waals surface area contributed by atoms with Gasteiger partial charge in [0.15, 0.2) is 0 Å². The lowest BCUT2D eigenvalue weighted by atomic mass is 9.99. The Bertz CT molecular complexity index is 170. The lowest BCUT2D eigenvalue weighted by Gasteiger charge is -2.34. The Morgan fingerprint density at radius 2 is 2.31 bits per heavy atom. The Balaban J connectivity index is 2.40. The van der Waals surface area contributed by atoms with Crippen molar-refractivity contribution in [3.63, 3.8) is 0 Å². The van der Waals surface area contributed by atoms with Gasteiger partial charge in [-0.3, -0.25) is 4.79 Å². The third kappa shape index (κ3) is 2.99. The summed E-state index contributed by atoms with van der Waals surface area (Å²) in [5.41, 5.74) is 0. The smallest absolute Gasteiger partial charge is 0.221 e. The molecule has 0 radical (unpaired) electrons. The topological polar surface area (TPSA) is 32.3 Å². The molecule has 0 aromatic carbocycles. The summed E-state index contributed by atoms with van der Waals surface area (Å²) in [6, 6.07) is 0.485. The number of piperidine rings is 1. The summed E-state index contributed by atoms with van der Waals surface area (Å²) in [4.78, 5) is 13.6. The normalized spacial score (nSPS) is 24.3. The largest absolute Gasteiger partial charge is 0.359 e. The molecule has 3 nitrogen and oxygen atoms in total. The molecule has 1 aliphatic rings. The van der Waals surface area contributed by atoms with Crippen molar-refractivity contribution in [3.8, 4) is 0 Å².